The molecule has 0 aliphatic carbocycles. The zero-order valence-electron chi connectivity index (χ0n) is 12.9. The molecule has 0 aliphatic heterocycles. The highest BCUT2D eigenvalue weighted by molar-refractivity contribution is 5.35. The number of hydrogen-bond donors (Lipinski definition) is 3. The van der Waals surface area contributed by atoms with Crippen LogP contribution >= 0.6 is 0 Å². The first-order valence-corrected chi connectivity index (χ1v) is 7.18. The minimum Gasteiger partial charge on any atom is -0.491 e. The summed E-state index contributed by atoms with van der Waals surface area (Å²) in [5.41, 5.74) is 2.21. The van der Waals surface area contributed by atoms with Crippen LogP contribution in [0.4, 0.5) is 0 Å². The minimum absolute atomic E-state index is 0.172. The number of hydrogen-bond acceptors (Lipinski definition) is 4. The van der Waals surface area contributed by atoms with Crippen LogP contribution in [0.2, 0.25) is 0 Å². The fraction of sp³-hybridized carbons (Fsp3) is 0.625. The first-order valence-electron chi connectivity index (χ1n) is 7.18. The van der Waals surface area contributed by atoms with Gasteiger partial charge in [0.25, 0.3) is 0 Å². The first kappa shape index (κ1) is 17.0. The number of rotatable bonds is 8. The molecule has 114 valence electrons. The number of aryl methyl sites for hydroxylation is 2. The van der Waals surface area contributed by atoms with Gasteiger partial charge in [0.05, 0.1) is 6.10 Å². The molecule has 0 bridgehead atoms. The maximum absolute atomic E-state index is 9.90. The van der Waals surface area contributed by atoms with Crippen molar-refractivity contribution in [1.82, 2.24) is 5.32 Å². The summed E-state index contributed by atoms with van der Waals surface area (Å²) in [4.78, 5) is 0. The summed E-state index contributed by atoms with van der Waals surface area (Å²) in [6, 6.07) is 6.20. The van der Waals surface area contributed by atoms with Crippen LogP contribution in [0.25, 0.3) is 0 Å². The van der Waals surface area contributed by atoms with Crippen LogP contribution in [-0.4, -0.2) is 41.6 Å². The molecule has 20 heavy (non-hydrogen) atoms. The highest BCUT2D eigenvalue weighted by atomic mass is 16.5. The van der Waals surface area contributed by atoms with Gasteiger partial charge in [-0.25, -0.2) is 0 Å². The van der Waals surface area contributed by atoms with Crippen molar-refractivity contribution in [3.63, 3.8) is 0 Å². The minimum atomic E-state index is -0.564. The fourth-order valence-corrected chi connectivity index (χ4v) is 2.04. The number of nitrogens with one attached hydrogen (secondary N) is 1. The quantitative estimate of drug-likeness (QED) is 0.680. The lowest BCUT2D eigenvalue weighted by Gasteiger charge is -2.19. The van der Waals surface area contributed by atoms with E-state index in [4.69, 9.17) is 4.74 Å². The third kappa shape index (κ3) is 6.37. The Balaban J connectivity index is 2.32. The molecule has 0 amide bonds. The van der Waals surface area contributed by atoms with Crippen LogP contribution in [0.3, 0.4) is 0 Å². The van der Waals surface area contributed by atoms with Gasteiger partial charge in [0.1, 0.15) is 18.5 Å². The van der Waals surface area contributed by atoms with Gasteiger partial charge in [-0.15, -0.1) is 0 Å². The first-order chi connectivity index (χ1) is 9.38. The second kappa shape index (κ2) is 8.25. The zero-order valence-corrected chi connectivity index (χ0v) is 12.9. The molecule has 3 unspecified atom stereocenters. The summed E-state index contributed by atoms with van der Waals surface area (Å²) in [7, 11) is 0. The zero-order chi connectivity index (χ0) is 15.1. The second-order valence-electron chi connectivity index (χ2n) is 5.63. The number of aliphatic hydroxyl groups is 2. The van der Waals surface area contributed by atoms with E-state index in [1.54, 1.807) is 6.92 Å². The monoisotopic (exact) mass is 281 g/mol. The van der Waals surface area contributed by atoms with Gasteiger partial charge in [0.15, 0.2) is 0 Å². The molecule has 0 saturated heterocycles. The summed E-state index contributed by atoms with van der Waals surface area (Å²) < 4.78 is 5.65. The molecular weight excluding hydrogens is 254 g/mol. The van der Waals surface area contributed by atoms with Gasteiger partial charge in [-0.1, -0.05) is 12.1 Å². The molecule has 3 N–H and O–H groups in total. The van der Waals surface area contributed by atoms with Crippen molar-refractivity contribution >= 4 is 0 Å². The molecule has 0 heterocycles. The molecule has 1 aromatic rings. The molecule has 0 aliphatic rings. The van der Waals surface area contributed by atoms with Crippen LogP contribution in [0, 0.1) is 13.8 Å². The number of benzene rings is 1. The standard InChI is InChI=1S/C16H27NO3/c1-11-5-6-12(2)16(7-11)20-10-15(19)9-17-13(3)8-14(4)18/h5-7,13-15,17-19H,8-10H2,1-4H3. The molecule has 1 rings (SSSR count). The van der Waals surface area contributed by atoms with Crippen molar-refractivity contribution in [2.75, 3.05) is 13.2 Å². The Bertz CT molecular complexity index is 407. The normalized spacial score (nSPS) is 15.7. The molecule has 0 saturated carbocycles. The average Bonchev–Trinajstić information content (AvgIpc) is 2.36. The molecule has 0 fully saturated rings. The molecule has 3 atom stereocenters. The van der Waals surface area contributed by atoms with Gasteiger partial charge in [-0.05, 0) is 51.3 Å². The van der Waals surface area contributed by atoms with E-state index in [1.807, 2.05) is 39.0 Å². The molecule has 0 aromatic heterocycles. The van der Waals surface area contributed by atoms with Crippen LogP contribution < -0.4 is 10.1 Å². The molecule has 0 radical (unpaired) electrons. The van der Waals surface area contributed by atoms with Crippen LogP contribution in [0.5, 0.6) is 5.75 Å². The maximum Gasteiger partial charge on any atom is 0.122 e. The van der Waals surface area contributed by atoms with E-state index in [0.717, 1.165) is 16.9 Å². The predicted octanol–water partition coefficient (Wildman–Crippen LogP) is 1.79. The smallest absolute Gasteiger partial charge is 0.122 e. The Labute approximate surface area is 121 Å². The van der Waals surface area contributed by atoms with Crippen molar-refractivity contribution in [2.45, 2.75) is 52.4 Å². The van der Waals surface area contributed by atoms with E-state index in [2.05, 4.69) is 5.32 Å². The van der Waals surface area contributed by atoms with E-state index in [1.165, 1.54) is 0 Å². The largest absolute Gasteiger partial charge is 0.491 e. The molecule has 4 nitrogen and oxygen atoms in total. The summed E-state index contributed by atoms with van der Waals surface area (Å²) in [5, 5.41) is 22.4. The Kier molecular flexibility index (Phi) is 6.99. The third-order valence-electron chi connectivity index (χ3n) is 3.17. The van der Waals surface area contributed by atoms with Crippen LogP contribution in [0.1, 0.15) is 31.4 Å². The molecule has 0 spiro atoms. The van der Waals surface area contributed by atoms with E-state index in [0.29, 0.717) is 13.0 Å². The lowest BCUT2D eigenvalue weighted by Crippen LogP contribution is -2.37. The van der Waals surface area contributed by atoms with Gasteiger partial charge in [0, 0.05) is 12.6 Å². The van der Waals surface area contributed by atoms with Crippen molar-refractivity contribution in [2.24, 2.45) is 0 Å². The van der Waals surface area contributed by atoms with Crippen LogP contribution in [0.15, 0.2) is 18.2 Å². The second-order valence-corrected chi connectivity index (χ2v) is 5.63. The molecular formula is C16H27NO3. The Morgan fingerprint density at radius 2 is 1.90 bits per heavy atom. The van der Waals surface area contributed by atoms with E-state index >= 15 is 0 Å². The van der Waals surface area contributed by atoms with E-state index in [9.17, 15) is 10.2 Å². The van der Waals surface area contributed by atoms with Gasteiger partial charge in [0.2, 0.25) is 0 Å². The Morgan fingerprint density at radius 3 is 2.55 bits per heavy atom. The number of ether oxygens (including phenoxy) is 1. The maximum atomic E-state index is 9.90. The van der Waals surface area contributed by atoms with E-state index in [-0.39, 0.29) is 18.8 Å². The SMILES string of the molecule is Cc1ccc(C)c(OCC(O)CNC(C)CC(C)O)c1. The average molecular weight is 281 g/mol. The van der Waals surface area contributed by atoms with Crippen molar-refractivity contribution in [3.05, 3.63) is 29.3 Å². The fourth-order valence-electron chi connectivity index (χ4n) is 2.04. The lowest BCUT2D eigenvalue weighted by atomic mass is 10.1. The van der Waals surface area contributed by atoms with Crippen molar-refractivity contribution < 1.29 is 14.9 Å². The van der Waals surface area contributed by atoms with Crippen molar-refractivity contribution in [3.8, 4) is 5.75 Å². The summed E-state index contributed by atoms with van der Waals surface area (Å²) in [6.07, 6.45) is -0.225. The van der Waals surface area contributed by atoms with Crippen LogP contribution in [-0.2, 0) is 0 Å². The van der Waals surface area contributed by atoms with Gasteiger partial charge < -0.3 is 20.3 Å². The molecule has 1 aromatic carbocycles. The summed E-state index contributed by atoms with van der Waals surface area (Å²) >= 11 is 0. The third-order valence-corrected chi connectivity index (χ3v) is 3.17. The van der Waals surface area contributed by atoms with Gasteiger partial charge in [-0.2, -0.15) is 0 Å². The number of aliphatic hydroxyl groups excluding tert-OH is 2. The topological polar surface area (TPSA) is 61.7 Å². The highest BCUT2D eigenvalue weighted by Gasteiger charge is 2.10. The Hall–Kier alpha value is -1.10. The summed E-state index contributed by atoms with van der Waals surface area (Å²) in [5.74, 6) is 0.820. The lowest BCUT2D eigenvalue weighted by molar-refractivity contribution is 0.0997. The van der Waals surface area contributed by atoms with Gasteiger partial charge >= 0.3 is 0 Å². The highest BCUT2D eigenvalue weighted by Crippen LogP contribution is 2.19. The van der Waals surface area contributed by atoms with E-state index < -0.39 is 6.10 Å². The van der Waals surface area contributed by atoms with Crippen molar-refractivity contribution in [1.29, 1.82) is 0 Å². The van der Waals surface area contributed by atoms with Gasteiger partial charge in [-0.3, -0.25) is 0 Å². The molecule has 4 heteroatoms. The predicted molar refractivity (Wildman–Crippen MR) is 81.2 cm³/mol. The Morgan fingerprint density at radius 1 is 1.20 bits per heavy atom. The summed E-state index contributed by atoms with van der Waals surface area (Å²) in [6.45, 7) is 8.48.